The van der Waals surface area contributed by atoms with E-state index in [1.54, 1.807) is 0 Å². The highest BCUT2D eigenvalue weighted by Crippen LogP contribution is 2.64. The Balaban J connectivity index is 0.000000368. The van der Waals surface area contributed by atoms with Crippen LogP contribution in [0.4, 0.5) is 0 Å². The van der Waals surface area contributed by atoms with Crippen molar-refractivity contribution in [1.82, 2.24) is 0 Å². The van der Waals surface area contributed by atoms with Crippen molar-refractivity contribution >= 4 is 15.0 Å². The SMILES string of the molecule is CC(C)(O)CCCC(C)(CCCC(C)(C)O)C1CCC2C(=O)CCC[C@@]21C.CC(C)(O)CCCC(C)(CCCC(C)(C)O)C1CCC2[C@@H](O)CCC[C@@]21C.[2H]PC. The Morgan fingerprint density at radius 3 is 1.34 bits per heavy atom. The molecule has 0 aromatic heterocycles. The first-order valence-corrected chi connectivity index (χ1v) is 24.1. The Hall–Kier alpha value is -0.100. The lowest BCUT2D eigenvalue weighted by Gasteiger charge is -2.50. The summed E-state index contributed by atoms with van der Waals surface area (Å²) in [4.78, 5) is 12.6. The molecule has 5 N–H and O–H groups in total. The van der Waals surface area contributed by atoms with E-state index in [0.29, 0.717) is 32.7 Å². The number of carbonyl (C=O) groups excluding carboxylic acids is 1. The quantitative estimate of drug-likeness (QED) is 0.0880. The van der Waals surface area contributed by atoms with E-state index in [1.807, 2.05) is 62.1 Å². The van der Waals surface area contributed by atoms with Crippen LogP contribution in [0.2, 0.25) is 0 Å². The van der Waals surface area contributed by atoms with Gasteiger partial charge in [-0.05, 0) is 198 Å². The minimum absolute atomic E-state index is 0.120. The van der Waals surface area contributed by atoms with Crippen LogP contribution in [0.25, 0.3) is 0 Å². The molecule has 8 atom stereocenters. The molecule has 0 aromatic rings. The summed E-state index contributed by atoms with van der Waals surface area (Å²) in [5, 5.41) is 51.3. The molecule has 4 rings (SSSR count). The topological polar surface area (TPSA) is 118 Å². The Labute approximate surface area is 350 Å². The van der Waals surface area contributed by atoms with Gasteiger partial charge in [-0.3, -0.25) is 4.79 Å². The predicted molar refractivity (Wildman–Crippen MR) is 240 cm³/mol. The Morgan fingerprint density at radius 1 is 0.589 bits per heavy atom. The number of aliphatic hydroxyl groups excluding tert-OH is 1. The highest BCUT2D eigenvalue weighted by atomic mass is 31.0. The zero-order valence-electron chi connectivity index (χ0n) is 40.1. The molecule has 4 saturated carbocycles. The number of carbonyl (C=O) groups is 1. The first-order valence-electron chi connectivity index (χ1n) is 23.6. The molecular weight excluding hydrogens is 716 g/mol. The normalized spacial score (nSPS) is 30.6. The molecule has 0 heterocycles. The third-order valence-corrected chi connectivity index (χ3v) is 15.8. The van der Waals surface area contributed by atoms with Crippen LogP contribution in [0.5, 0.6) is 0 Å². The number of rotatable bonds is 18. The standard InChI is InChI=1S/C24H46O3.C24H44O3.CH5P/c2*1-21(2,26)13-8-15-23(5,16-9-14-22(3,4)27)20-12-11-18-19(25)10-7-17-24(18,20)6;1-2/h18-20,25-27H,7-17H2,1-6H3;18,20,26-27H,7-17H2,1-6H3;2H2,1H3/t18?,19-,20?,24-;18?,20?,24-;/m00./s1/i;;2D. The molecule has 6 nitrogen and oxygen atoms in total. The van der Waals surface area contributed by atoms with Gasteiger partial charge in [0.25, 0.3) is 0 Å². The summed E-state index contributed by atoms with van der Waals surface area (Å²) in [6.07, 6.45) is 22.8. The van der Waals surface area contributed by atoms with Gasteiger partial charge in [0.15, 0.2) is 0 Å². The van der Waals surface area contributed by atoms with Crippen molar-refractivity contribution in [2.75, 3.05) is 6.66 Å². The molecule has 0 aliphatic heterocycles. The van der Waals surface area contributed by atoms with Crippen LogP contribution in [-0.2, 0) is 4.79 Å². The van der Waals surface area contributed by atoms with Crippen molar-refractivity contribution in [3.05, 3.63) is 0 Å². The molecule has 4 aliphatic rings. The number of aliphatic hydroxyl groups is 5. The maximum atomic E-state index is 12.6. The molecule has 56 heavy (non-hydrogen) atoms. The average Bonchev–Trinajstić information content (AvgIpc) is 3.58. The average molecular weight is 812 g/mol. The fourth-order valence-corrected chi connectivity index (χ4v) is 13.0. The molecule has 0 spiro atoms. The second kappa shape index (κ2) is 20.6. The number of hydrogen-bond donors (Lipinski definition) is 5. The van der Waals surface area contributed by atoms with Gasteiger partial charge in [0.2, 0.25) is 0 Å². The van der Waals surface area contributed by atoms with Crippen LogP contribution >= 0.6 is 9.18 Å². The fraction of sp³-hybridized carbons (Fsp3) is 0.980. The van der Waals surface area contributed by atoms with Crippen molar-refractivity contribution in [3.8, 4) is 0 Å². The molecule has 0 aromatic carbocycles. The zero-order chi connectivity index (χ0) is 43.7. The molecule has 0 radical (unpaired) electrons. The number of fused-ring (bicyclic) bond motifs is 2. The molecule has 7 heteroatoms. The molecule has 5 unspecified atom stereocenters. The molecule has 4 aliphatic carbocycles. The highest BCUT2D eigenvalue weighted by Gasteiger charge is 2.57. The van der Waals surface area contributed by atoms with Crippen molar-refractivity contribution < 1.29 is 30.3 Å². The molecule has 332 valence electrons. The summed E-state index contributed by atoms with van der Waals surface area (Å²) in [7, 11) is 0.333. The van der Waals surface area contributed by atoms with Crippen molar-refractivity contribution in [1.29, 1.82) is 1.28 Å². The summed E-state index contributed by atoms with van der Waals surface area (Å²) in [6, 6.07) is 0. The van der Waals surface area contributed by atoms with Gasteiger partial charge in [-0.25, -0.2) is 0 Å². The lowest BCUT2D eigenvalue weighted by Crippen LogP contribution is -2.45. The number of Topliss-reactive ketones (excluding diaryl/α,β-unsaturated/α-hetero) is 1. The van der Waals surface area contributed by atoms with Crippen molar-refractivity contribution in [3.63, 3.8) is 0 Å². The van der Waals surface area contributed by atoms with E-state index in [-0.39, 0.29) is 33.7 Å². The van der Waals surface area contributed by atoms with Crippen LogP contribution in [0, 0.1) is 45.3 Å². The number of ketones is 1. The van der Waals surface area contributed by atoms with Crippen molar-refractivity contribution in [2.24, 2.45) is 45.3 Å². The largest absolute Gasteiger partial charge is 0.393 e. The summed E-state index contributed by atoms with van der Waals surface area (Å²) in [5.74, 6) is 2.43. The third kappa shape index (κ3) is 15.1. The molecular formula is C49H95O6P. The lowest BCUT2D eigenvalue weighted by atomic mass is 9.55. The van der Waals surface area contributed by atoms with Gasteiger partial charge in [0.1, 0.15) is 5.78 Å². The van der Waals surface area contributed by atoms with E-state index in [0.717, 1.165) is 122 Å². The van der Waals surface area contributed by atoms with E-state index in [2.05, 4.69) is 27.7 Å². The molecule has 0 amide bonds. The summed E-state index contributed by atoms with van der Waals surface area (Å²) in [5.41, 5.74) is -1.64. The maximum Gasteiger partial charge on any atom is 0.136 e. The van der Waals surface area contributed by atoms with Gasteiger partial charge in [0, 0.05) is 12.3 Å². The summed E-state index contributed by atoms with van der Waals surface area (Å²) < 4.78 is 6.24. The monoisotopic (exact) mass is 812 g/mol. The van der Waals surface area contributed by atoms with E-state index in [9.17, 15) is 30.3 Å². The maximum absolute atomic E-state index is 12.6. The Kier molecular flexibility index (Phi) is 18.5. The minimum atomic E-state index is -0.614. The second-order valence-electron chi connectivity index (χ2n) is 23.2. The van der Waals surface area contributed by atoms with Crippen LogP contribution in [0.15, 0.2) is 0 Å². The Bertz CT molecular complexity index is 1160. The van der Waals surface area contributed by atoms with E-state index < -0.39 is 22.4 Å². The molecule has 0 saturated heterocycles. The Morgan fingerprint density at radius 2 is 0.946 bits per heavy atom. The van der Waals surface area contributed by atoms with Gasteiger partial charge in [0.05, 0.1) is 29.8 Å². The van der Waals surface area contributed by atoms with Gasteiger partial charge < -0.3 is 25.5 Å². The minimum Gasteiger partial charge on any atom is -0.393 e. The zero-order valence-corrected chi connectivity index (χ0v) is 40.1. The third-order valence-electron chi connectivity index (χ3n) is 15.8. The first-order chi connectivity index (χ1) is 26.0. The van der Waals surface area contributed by atoms with Gasteiger partial charge in [-0.2, -0.15) is 0 Å². The smallest absolute Gasteiger partial charge is 0.136 e. The lowest BCUT2D eigenvalue weighted by molar-refractivity contribution is -0.131. The summed E-state index contributed by atoms with van der Waals surface area (Å²) >= 11 is 0. The van der Waals surface area contributed by atoms with Crippen LogP contribution in [0.1, 0.15) is 224 Å². The van der Waals surface area contributed by atoms with E-state index in [1.165, 1.54) is 19.3 Å². The molecule has 4 fully saturated rings. The summed E-state index contributed by atoms with van der Waals surface area (Å²) in [6.45, 7) is 26.7. The van der Waals surface area contributed by atoms with Crippen LogP contribution in [-0.4, -0.2) is 67.8 Å². The number of hydrogen-bond acceptors (Lipinski definition) is 6. The van der Waals surface area contributed by atoms with Crippen molar-refractivity contribution in [2.45, 2.75) is 253 Å². The highest BCUT2D eigenvalue weighted by molar-refractivity contribution is 7.15. The first kappa shape index (κ1) is 50.3. The second-order valence-corrected chi connectivity index (χ2v) is 23.2. The van der Waals surface area contributed by atoms with E-state index >= 15 is 0 Å². The van der Waals surface area contributed by atoms with Crippen LogP contribution < -0.4 is 0 Å². The van der Waals surface area contributed by atoms with E-state index in [4.69, 9.17) is 1.28 Å². The van der Waals surface area contributed by atoms with Crippen LogP contribution in [0.3, 0.4) is 0 Å². The molecule has 0 bridgehead atoms. The predicted octanol–water partition coefficient (Wildman–Crippen LogP) is 11.6. The van der Waals surface area contributed by atoms with Gasteiger partial charge in [-0.1, -0.05) is 66.5 Å². The van der Waals surface area contributed by atoms with Gasteiger partial charge >= 0.3 is 0 Å². The fourth-order valence-electron chi connectivity index (χ4n) is 13.0. The van der Waals surface area contributed by atoms with Gasteiger partial charge in [-0.15, -0.1) is 9.18 Å².